The molecule has 0 bridgehead atoms. The highest BCUT2D eigenvalue weighted by atomic mass is 79.9. The first-order chi connectivity index (χ1) is 3.98. The molecule has 0 fully saturated rings. The Bertz CT molecular complexity index is 108. The summed E-state index contributed by atoms with van der Waals surface area (Å²) in [6, 6.07) is 0. The van der Waals surface area contributed by atoms with Gasteiger partial charge in [0.25, 0.3) is 0 Å². The van der Waals surface area contributed by atoms with Crippen molar-refractivity contribution in [2.75, 3.05) is 6.86 Å². The van der Waals surface area contributed by atoms with Gasteiger partial charge in [0, 0.05) is 0 Å². The van der Waals surface area contributed by atoms with Gasteiger partial charge in [0.2, 0.25) is 6.86 Å². The van der Waals surface area contributed by atoms with Gasteiger partial charge < -0.3 is 4.74 Å². The predicted octanol–water partition coefficient (Wildman–Crippen LogP) is 1.63. The fourth-order valence-electron chi connectivity index (χ4n) is 0.221. The van der Waals surface area contributed by atoms with Crippen LogP contribution in [0.1, 0.15) is 13.8 Å². The Morgan fingerprint density at radius 2 is 2.22 bits per heavy atom. The smallest absolute Gasteiger partial charge is 0.324 e. The lowest BCUT2D eigenvalue weighted by Gasteiger charge is -2.11. The minimum atomic E-state index is -1.06. The molecule has 0 saturated carbocycles. The van der Waals surface area contributed by atoms with Gasteiger partial charge in [-0.25, -0.2) is 4.39 Å². The van der Waals surface area contributed by atoms with E-state index in [-0.39, 0.29) is 0 Å². The molecule has 0 aliphatic rings. The number of carbonyl (C=O) groups excluding carboxylic acids is 1. The molecule has 0 rings (SSSR count). The summed E-state index contributed by atoms with van der Waals surface area (Å²) in [7, 11) is 0. The minimum absolute atomic E-state index is 0.593. The van der Waals surface area contributed by atoms with Crippen LogP contribution in [0.5, 0.6) is 0 Å². The fraction of sp³-hybridized carbons (Fsp3) is 0.800. The largest absolute Gasteiger partial charge is 0.433 e. The van der Waals surface area contributed by atoms with Gasteiger partial charge in [0.1, 0.15) is 4.32 Å². The van der Waals surface area contributed by atoms with Gasteiger partial charge in [-0.2, -0.15) is 0 Å². The molecule has 0 unspecified atom stereocenters. The maximum atomic E-state index is 11.3. The zero-order valence-corrected chi connectivity index (χ0v) is 6.87. The van der Waals surface area contributed by atoms with Gasteiger partial charge in [-0.1, -0.05) is 15.9 Å². The van der Waals surface area contributed by atoms with Gasteiger partial charge in [-0.3, -0.25) is 4.79 Å². The molecule has 0 spiro atoms. The number of ether oxygens (including phenoxy) is 1. The van der Waals surface area contributed by atoms with E-state index >= 15 is 0 Å². The van der Waals surface area contributed by atoms with Crippen LogP contribution >= 0.6 is 15.9 Å². The Morgan fingerprint density at radius 3 is 2.33 bits per heavy atom. The van der Waals surface area contributed by atoms with E-state index in [1.54, 1.807) is 13.8 Å². The lowest BCUT2D eigenvalue weighted by atomic mass is 10.2. The van der Waals surface area contributed by atoms with Crippen LogP contribution in [0.15, 0.2) is 0 Å². The van der Waals surface area contributed by atoms with E-state index in [2.05, 4.69) is 20.7 Å². The quantitative estimate of drug-likeness (QED) is 0.499. The van der Waals surface area contributed by atoms with E-state index in [4.69, 9.17) is 0 Å². The van der Waals surface area contributed by atoms with Gasteiger partial charge in [0.05, 0.1) is 0 Å². The number of rotatable bonds is 2. The molecule has 9 heavy (non-hydrogen) atoms. The van der Waals surface area contributed by atoms with Crippen molar-refractivity contribution in [1.82, 2.24) is 0 Å². The molecule has 0 N–H and O–H groups in total. The van der Waals surface area contributed by atoms with Gasteiger partial charge in [0.15, 0.2) is 0 Å². The molecule has 0 atom stereocenters. The van der Waals surface area contributed by atoms with Crippen molar-refractivity contribution in [3.05, 3.63) is 0 Å². The van der Waals surface area contributed by atoms with Crippen LogP contribution in [0.2, 0.25) is 0 Å². The third-order valence-corrected chi connectivity index (χ3v) is 0.995. The molecule has 0 aliphatic heterocycles. The summed E-state index contributed by atoms with van der Waals surface area (Å²) in [6.07, 6.45) is 0. The second-order valence-corrected chi connectivity index (χ2v) is 4.00. The molecule has 0 heterocycles. The Morgan fingerprint density at radius 1 is 1.78 bits per heavy atom. The van der Waals surface area contributed by atoms with E-state index in [1.807, 2.05) is 0 Å². The van der Waals surface area contributed by atoms with E-state index in [1.165, 1.54) is 0 Å². The second-order valence-electron chi connectivity index (χ2n) is 2.01. The first-order valence-electron chi connectivity index (χ1n) is 2.40. The molecule has 4 heteroatoms. The summed E-state index contributed by atoms with van der Waals surface area (Å²) in [5.41, 5.74) is 0. The summed E-state index contributed by atoms with van der Waals surface area (Å²) in [4.78, 5) is 10.6. The maximum Gasteiger partial charge on any atom is 0.324 e. The van der Waals surface area contributed by atoms with Crippen LogP contribution in [-0.2, 0) is 9.53 Å². The molecule has 0 amide bonds. The molecule has 54 valence electrons. The van der Waals surface area contributed by atoms with Crippen LogP contribution < -0.4 is 0 Å². The van der Waals surface area contributed by atoms with Gasteiger partial charge in [-0.05, 0) is 13.8 Å². The average Bonchev–Trinajstić information content (AvgIpc) is 1.64. The van der Waals surface area contributed by atoms with Crippen LogP contribution in [0.3, 0.4) is 0 Å². The van der Waals surface area contributed by atoms with Crippen LogP contribution in [0, 0.1) is 0 Å². The lowest BCUT2D eigenvalue weighted by Crippen LogP contribution is -2.26. The minimum Gasteiger partial charge on any atom is -0.433 e. The fourth-order valence-corrected chi connectivity index (χ4v) is 0.336. The number of carbonyl (C=O) groups is 1. The third kappa shape index (κ3) is 3.46. The summed E-state index contributed by atoms with van der Waals surface area (Å²) in [5, 5.41) is 0. The van der Waals surface area contributed by atoms with Crippen molar-refractivity contribution in [1.29, 1.82) is 0 Å². The Labute approximate surface area is 61.5 Å². The average molecular weight is 199 g/mol. The third-order valence-electron chi connectivity index (χ3n) is 0.671. The van der Waals surface area contributed by atoms with Crippen molar-refractivity contribution in [2.45, 2.75) is 18.2 Å². The van der Waals surface area contributed by atoms with E-state index in [0.29, 0.717) is 0 Å². The molecule has 0 saturated heterocycles. The van der Waals surface area contributed by atoms with Crippen molar-refractivity contribution in [2.24, 2.45) is 0 Å². The molecule has 2 nitrogen and oxygen atoms in total. The Balaban J connectivity index is 3.74. The van der Waals surface area contributed by atoms with Gasteiger partial charge in [-0.15, -0.1) is 0 Å². The topological polar surface area (TPSA) is 26.3 Å². The Kier molecular flexibility index (Phi) is 3.11. The maximum absolute atomic E-state index is 11.3. The molecular formula is C5H8BrFO2. The van der Waals surface area contributed by atoms with Crippen molar-refractivity contribution in [3.8, 4) is 0 Å². The van der Waals surface area contributed by atoms with E-state index in [0.717, 1.165) is 0 Å². The first-order valence-corrected chi connectivity index (χ1v) is 3.20. The molecular weight excluding hydrogens is 191 g/mol. The molecule has 0 aromatic rings. The molecule has 0 radical (unpaired) electrons. The molecule has 0 aliphatic carbocycles. The summed E-state index contributed by atoms with van der Waals surface area (Å²) < 4.78 is 14.6. The van der Waals surface area contributed by atoms with Crippen molar-refractivity contribution < 1.29 is 13.9 Å². The highest BCUT2D eigenvalue weighted by Crippen LogP contribution is 2.17. The molecule has 0 aromatic carbocycles. The highest BCUT2D eigenvalue weighted by molar-refractivity contribution is 9.10. The number of esters is 1. The van der Waals surface area contributed by atoms with Crippen molar-refractivity contribution in [3.63, 3.8) is 0 Å². The highest BCUT2D eigenvalue weighted by Gasteiger charge is 2.24. The van der Waals surface area contributed by atoms with E-state index in [9.17, 15) is 9.18 Å². The SMILES string of the molecule is CC(C)(Br)C(=O)OCF. The van der Waals surface area contributed by atoms with Gasteiger partial charge >= 0.3 is 5.97 Å². The summed E-state index contributed by atoms with van der Waals surface area (Å²) in [6.45, 7) is 2.11. The second kappa shape index (κ2) is 3.15. The normalized spacial score (nSPS) is 11.1. The van der Waals surface area contributed by atoms with Crippen LogP contribution in [-0.4, -0.2) is 17.2 Å². The zero-order valence-electron chi connectivity index (χ0n) is 5.28. The zero-order chi connectivity index (χ0) is 7.49. The number of halogens is 2. The summed E-state index contributed by atoms with van der Waals surface area (Å²) >= 11 is 3.00. The number of hydrogen-bond donors (Lipinski definition) is 0. The summed E-state index contributed by atoms with van der Waals surface area (Å²) in [5.74, 6) is -0.593. The van der Waals surface area contributed by atoms with Crippen LogP contribution in [0.25, 0.3) is 0 Å². The van der Waals surface area contributed by atoms with E-state index < -0.39 is 17.2 Å². The van der Waals surface area contributed by atoms with Crippen molar-refractivity contribution >= 4 is 21.9 Å². The number of alkyl halides is 2. The molecule has 0 aromatic heterocycles. The number of hydrogen-bond acceptors (Lipinski definition) is 2. The first kappa shape index (κ1) is 8.88. The lowest BCUT2D eigenvalue weighted by molar-refractivity contribution is -0.149. The predicted molar refractivity (Wildman–Crippen MR) is 35.1 cm³/mol. The monoisotopic (exact) mass is 198 g/mol. The standard InChI is InChI=1S/C5H8BrFO2/c1-5(2,6)4(8)9-3-7/h3H2,1-2H3. The Hall–Kier alpha value is -0.120. The van der Waals surface area contributed by atoms with Crippen LogP contribution in [0.4, 0.5) is 4.39 Å².